The van der Waals surface area contributed by atoms with Gasteiger partial charge in [0.05, 0.1) is 27.2 Å². The number of nitrogens with zero attached hydrogens (tertiary/aromatic N) is 1. The standard InChI is InChI=1S/C16H36NO/c1-5-7-9-11-13-17(3,4)14-16-18-15-12-10-8-6-2/h5-16H2,1-4H3/q+1. The molecule has 0 aliphatic rings. The highest BCUT2D eigenvalue weighted by Crippen LogP contribution is 2.05. The van der Waals surface area contributed by atoms with Gasteiger partial charge in [0.2, 0.25) is 0 Å². The molecule has 0 radical (unpaired) electrons. The summed E-state index contributed by atoms with van der Waals surface area (Å²) in [6.07, 6.45) is 10.7. The van der Waals surface area contributed by atoms with Crippen LogP contribution in [-0.2, 0) is 4.74 Å². The maximum absolute atomic E-state index is 5.73. The Bertz CT molecular complexity index is 168. The second-order valence-corrected chi connectivity index (χ2v) is 6.12. The van der Waals surface area contributed by atoms with E-state index in [-0.39, 0.29) is 0 Å². The van der Waals surface area contributed by atoms with E-state index in [0.29, 0.717) is 0 Å². The summed E-state index contributed by atoms with van der Waals surface area (Å²) in [6.45, 7) is 8.84. The van der Waals surface area contributed by atoms with Crippen LogP contribution in [-0.4, -0.2) is 44.9 Å². The van der Waals surface area contributed by atoms with Crippen LogP contribution in [0, 0.1) is 0 Å². The molecule has 2 heteroatoms. The van der Waals surface area contributed by atoms with Gasteiger partial charge in [-0.1, -0.05) is 46.0 Å². The van der Waals surface area contributed by atoms with Crippen molar-refractivity contribution >= 4 is 0 Å². The topological polar surface area (TPSA) is 9.23 Å². The van der Waals surface area contributed by atoms with Crippen molar-refractivity contribution in [3.63, 3.8) is 0 Å². The van der Waals surface area contributed by atoms with E-state index in [1.165, 1.54) is 57.9 Å². The molecule has 18 heavy (non-hydrogen) atoms. The quantitative estimate of drug-likeness (QED) is 0.355. The van der Waals surface area contributed by atoms with E-state index in [9.17, 15) is 0 Å². The smallest absolute Gasteiger partial charge is 0.102 e. The van der Waals surface area contributed by atoms with Gasteiger partial charge in [-0.05, 0) is 19.3 Å². The highest BCUT2D eigenvalue weighted by Gasteiger charge is 2.13. The molecule has 0 saturated carbocycles. The van der Waals surface area contributed by atoms with Gasteiger partial charge in [-0.15, -0.1) is 0 Å². The van der Waals surface area contributed by atoms with Crippen molar-refractivity contribution in [3.05, 3.63) is 0 Å². The largest absolute Gasteiger partial charge is 0.376 e. The first-order valence-electron chi connectivity index (χ1n) is 8.02. The Morgan fingerprint density at radius 2 is 1.28 bits per heavy atom. The van der Waals surface area contributed by atoms with Crippen LogP contribution in [0.15, 0.2) is 0 Å². The second-order valence-electron chi connectivity index (χ2n) is 6.12. The summed E-state index contributed by atoms with van der Waals surface area (Å²) in [7, 11) is 4.65. The molecule has 0 aromatic heterocycles. The molecular weight excluding hydrogens is 222 g/mol. The molecule has 0 atom stereocenters. The fourth-order valence-electron chi connectivity index (χ4n) is 2.12. The third kappa shape index (κ3) is 12.4. The van der Waals surface area contributed by atoms with E-state index in [1.807, 2.05) is 0 Å². The van der Waals surface area contributed by atoms with Crippen LogP contribution in [0.3, 0.4) is 0 Å². The first-order chi connectivity index (χ1) is 8.62. The fraction of sp³-hybridized carbons (Fsp3) is 1.00. The Hall–Kier alpha value is -0.0800. The molecule has 0 heterocycles. The third-order valence-corrected chi connectivity index (χ3v) is 3.60. The van der Waals surface area contributed by atoms with Crippen LogP contribution in [0.25, 0.3) is 0 Å². The van der Waals surface area contributed by atoms with Gasteiger partial charge in [0, 0.05) is 6.61 Å². The summed E-state index contributed by atoms with van der Waals surface area (Å²) in [5.74, 6) is 0. The predicted octanol–water partition coefficient (Wildman–Crippen LogP) is 4.24. The molecule has 0 aliphatic heterocycles. The summed E-state index contributed by atoms with van der Waals surface area (Å²) in [5.41, 5.74) is 0. The van der Waals surface area contributed by atoms with Crippen LogP contribution < -0.4 is 0 Å². The zero-order chi connectivity index (χ0) is 13.7. The monoisotopic (exact) mass is 258 g/mol. The maximum atomic E-state index is 5.73. The maximum Gasteiger partial charge on any atom is 0.102 e. The zero-order valence-corrected chi connectivity index (χ0v) is 13.3. The van der Waals surface area contributed by atoms with E-state index < -0.39 is 0 Å². The van der Waals surface area contributed by atoms with Crippen molar-refractivity contribution in [2.45, 2.75) is 65.2 Å². The van der Waals surface area contributed by atoms with Gasteiger partial charge in [-0.25, -0.2) is 0 Å². The molecule has 0 aliphatic carbocycles. The number of likely N-dealkylation sites (N-methyl/N-ethyl adjacent to an activating group) is 1. The first kappa shape index (κ1) is 17.9. The number of quaternary nitrogens is 1. The number of rotatable bonds is 13. The van der Waals surface area contributed by atoms with Gasteiger partial charge in [0.25, 0.3) is 0 Å². The molecule has 0 amide bonds. The van der Waals surface area contributed by atoms with E-state index in [2.05, 4.69) is 27.9 Å². The van der Waals surface area contributed by atoms with E-state index >= 15 is 0 Å². The van der Waals surface area contributed by atoms with Gasteiger partial charge in [-0.2, -0.15) is 0 Å². The van der Waals surface area contributed by atoms with Crippen molar-refractivity contribution in [2.24, 2.45) is 0 Å². The Balaban J connectivity index is 3.34. The summed E-state index contributed by atoms with van der Waals surface area (Å²) < 4.78 is 6.84. The van der Waals surface area contributed by atoms with Gasteiger partial charge in [-0.3, -0.25) is 0 Å². The molecule has 0 spiro atoms. The molecule has 0 fully saturated rings. The number of hydrogen-bond acceptors (Lipinski definition) is 1. The average molecular weight is 258 g/mol. The van der Waals surface area contributed by atoms with Crippen molar-refractivity contribution in [3.8, 4) is 0 Å². The summed E-state index contributed by atoms with van der Waals surface area (Å²) in [4.78, 5) is 0. The molecule has 0 aromatic carbocycles. The second kappa shape index (κ2) is 12.0. The normalized spacial score (nSPS) is 12.0. The fourth-order valence-corrected chi connectivity index (χ4v) is 2.12. The highest BCUT2D eigenvalue weighted by atomic mass is 16.5. The molecule has 110 valence electrons. The van der Waals surface area contributed by atoms with Crippen LogP contribution in [0.1, 0.15) is 65.2 Å². The minimum Gasteiger partial charge on any atom is -0.376 e. The number of hydrogen-bond donors (Lipinski definition) is 0. The van der Waals surface area contributed by atoms with Crippen molar-refractivity contribution in [1.29, 1.82) is 0 Å². The van der Waals surface area contributed by atoms with Gasteiger partial charge in [0.15, 0.2) is 0 Å². The Labute approximate surface area is 115 Å². The molecule has 0 bridgehead atoms. The van der Waals surface area contributed by atoms with Crippen molar-refractivity contribution in [1.82, 2.24) is 0 Å². The number of unbranched alkanes of at least 4 members (excludes halogenated alkanes) is 6. The molecule has 0 aromatic rings. The van der Waals surface area contributed by atoms with E-state index in [1.54, 1.807) is 0 Å². The van der Waals surface area contributed by atoms with Crippen molar-refractivity contribution < 1.29 is 9.22 Å². The lowest BCUT2D eigenvalue weighted by atomic mass is 10.2. The van der Waals surface area contributed by atoms with Crippen LogP contribution in [0.4, 0.5) is 0 Å². The molecule has 0 unspecified atom stereocenters. The molecule has 2 nitrogen and oxygen atoms in total. The third-order valence-electron chi connectivity index (χ3n) is 3.60. The summed E-state index contributed by atoms with van der Waals surface area (Å²) in [5, 5.41) is 0. The summed E-state index contributed by atoms with van der Waals surface area (Å²) in [6, 6.07) is 0. The highest BCUT2D eigenvalue weighted by molar-refractivity contribution is 4.42. The summed E-state index contributed by atoms with van der Waals surface area (Å²) >= 11 is 0. The van der Waals surface area contributed by atoms with Crippen molar-refractivity contribution in [2.75, 3.05) is 40.4 Å². The molecule has 0 N–H and O–H groups in total. The van der Waals surface area contributed by atoms with Gasteiger partial charge in [0.1, 0.15) is 6.54 Å². The zero-order valence-electron chi connectivity index (χ0n) is 13.3. The molecule has 0 saturated heterocycles. The van der Waals surface area contributed by atoms with E-state index in [0.717, 1.165) is 24.2 Å². The average Bonchev–Trinajstić information content (AvgIpc) is 2.34. The van der Waals surface area contributed by atoms with Crippen LogP contribution >= 0.6 is 0 Å². The Morgan fingerprint density at radius 3 is 1.89 bits per heavy atom. The lowest BCUT2D eigenvalue weighted by Crippen LogP contribution is -2.43. The molecule has 0 rings (SSSR count). The van der Waals surface area contributed by atoms with E-state index in [4.69, 9.17) is 4.74 Å². The lowest BCUT2D eigenvalue weighted by Gasteiger charge is -2.29. The Kier molecular flexibility index (Phi) is 11.9. The van der Waals surface area contributed by atoms with Crippen LogP contribution in [0.5, 0.6) is 0 Å². The number of ether oxygens (including phenoxy) is 1. The molecular formula is C16H36NO+. The minimum atomic E-state index is 0.924. The van der Waals surface area contributed by atoms with Crippen LogP contribution in [0.2, 0.25) is 0 Å². The van der Waals surface area contributed by atoms with Gasteiger partial charge < -0.3 is 9.22 Å². The van der Waals surface area contributed by atoms with Gasteiger partial charge >= 0.3 is 0 Å². The lowest BCUT2D eigenvalue weighted by molar-refractivity contribution is -0.891. The SMILES string of the molecule is CCCCCCOCC[N+](C)(C)CCCCCC. The Morgan fingerprint density at radius 1 is 0.667 bits per heavy atom. The predicted molar refractivity (Wildman–Crippen MR) is 80.9 cm³/mol. The first-order valence-corrected chi connectivity index (χ1v) is 8.02. The minimum absolute atomic E-state index is 0.924.